The summed E-state index contributed by atoms with van der Waals surface area (Å²) in [4.78, 5) is 0. The number of furan rings is 1. The molecular formula is C31H38O14. The van der Waals surface area contributed by atoms with E-state index in [1.165, 1.54) is 12.1 Å². The van der Waals surface area contributed by atoms with E-state index in [1.54, 1.807) is 24.3 Å². The molecule has 246 valence electrons. The molecule has 10 unspecified atom stereocenters. The molecule has 9 N–H and O–H groups in total. The van der Waals surface area contributed by atoms with Gasteiger partial charge in [0.15, 0.2) is 0 Å². The van der Waals surface area contributed by atoms with Crippen LogP contribution in [0, 0.1) is 0 Å². The Morgan fingerprint density at radius 1 is 0.733 bits per heavy atom. The average molecular weight is 635 g/mol. The topological polar surface area (TPSA) is 232 Å². The number of phenolic OH excluding ortho intramolecular Hbond substituents is 1. The van der Waals surface area contributed by atoms with Crippen LogP contribution in [-0.4, -0.2) is 121 Å². The van der Waals surface area contributed by atoms with E-state index in [-0.39, 0.29) is 23.7 Å². The Balaban J connectivity index is 1.63. The first-order chi connectivity index (χ1) is 21.4. The molecule has 0 bridgehead atoms. The summed E-state index contributed by atoms with van der Waals surface area (Å²) in [7, 11) is 0. The quantitative estimate of drug-likeness (QED) is 0.137. The third kappa shape index (κ3) is 6.80. The maximum absolute atomic E-state index is 10.7. The monoisotopic (exact) mass is 634 g/mol. The van der Waals surface area contributed by atoms with Crippen LogP contribution in [0.4, 0.5) is 0 Å². The largest absolute Gasteiger partial charge is 0.508 e. The van der Waals surface area contributed by atoms with Crippen LogP contribution in [0.2, 0.25) is 0 Å². The highest BCUT2D eigenvalue weighted by Gasteiger charge is 2.46. The lowest BCUT2D eigenvalue weighted by Crippen LogP contribution is -2.60. The minimum absolute atomic E-state index is 0.0150. The lowest BCUT2D eigenvalue weighted by atomic mass is 9.98. The Morgan fingerprint density at radius 2 is 1.27 bits per heavy atom. The Kier molecular flexibility index (Phi) is 10.0. The van der Waals surface area contributed by atoms with Crippen molar-refractivity contribution in [1.29, 1.82) is 0 Å². The molecule has 2 saturated heterocycles. The number of rotatable bonds is 9. The van der Waals surface area contributed by atoms with Crippen molar-refractivity contribution < 1.29 is 69.3 Å². The van der Waals surface area contributed by atoms with Gasteiger partial charge in [-0.3, -0.25) is 0 Å². The zero-order valence-corrected chi connectivity index (χ0v) is 24.5. The molecule has 1 aromatic heterocycles. The van der Waals surface area contributed by atoms with Gasteiger partial charge in [0, 0.05) is 22.6 Å². The molecule has 0 radical (unpaired) electrons. The van der Waals surface area contributed by atoms with Gasteiger partial charge in [-0.25, -0.2) is 0 Å². The molecule has 0 aliphatic carbocycles. The van der Waals surface area contributed by atoms with Crippen LogP contribution >= 0.6 is 0 Å². The van der Waals surface area contributed by atoms with Gasteiger partial charge in [-0.05, 0) is 50.6 Å². The van der Waals surface area contributed by atoms with Crippen molar-refractivity contribution in [3.05, 3.63) is 53.6 Å². The van der Waals surface area contributed by atoms with Crippen LogP contribution < -0.4 is 9.47 Å². The maximum Gasteiger partial charge on any atom is 0.229 e. The van der Waals surface area contributed by atoms with E-state index in [4.69, 9.17) is 23.4 Å². The van der Waals surface area contributed by atoms with Crippen molar-refractivity contribution in [2.45, 2.75) is 81.7 Å². The van der Waals surface area contributed by atoms with Crippen molar-refractivity contribution in [3.63, 3.8) is 0 Å². The van der Waals surface area contributed by atoms with E-state index in [0.29, 0.717) is 27.9 Å². The summed E-state index contributed by atoms with van der Waals surface area (Å²) in [6.07, 6.45) is -13.7. The van der Waals surface area contributed by atoms with Crippen LogP contribution in [0.15, 0.2) is 52.5 Å². The Bertz CT molecular complexity index is 1440. The zero-order chi connectivity index (χ0) is 32.6. The maximum atomic E-state index is 10.7. The van der Waals surface area contributed by atoms with Crippen molar-refractivity contribution in [3.8, 4) is 28.6 Å². The first-order valence-electron chi connectivity index (χ1n) is 14.4. The number of aliphatic hydroxyl groups is 8. The Morgan fingerprint density at radius 3 is 1.76 bits per heavy atom. The molecule has 3 heterocycles. The van der Waals surface area contributed by atoms with Crippen LogP contribution in [-0.2, 0) is 15.9 Å². The number of hydrogen-bond acceptors (Lipinski definition) is 14. The van der Waals surface area contributed by atoms with Crippen LogP contribution in [0.1, 0.15) is 19.4 Å². The molecule has 10 atom stereocenters. The summed E-state index contributed by atoms with van der Waals surface area (Å²) in [6.45, 7) is 2.36. The number of aliphatic hydroxyl groups excluding tert-OH is 8. The van der Waals surface area contributed by atoms with Gasteiger partial charge in [0.25, 0.3) is 0 Å². The summed E-state index contributed by atoms with van der Waals surface area (Å²) in [5.41, 5.74) is 1.97. The van der Waals surface area contributed by atoms with Gasteiger partial charge >= 0.3 is 0 Å². The number of fused-ring (bicyclic) bond motifs is 1. The molecule has 2 aromatic carbocycles. The predicted octanol–water partition coefficient (Wildman–Crippen LogP) is -0.329. The third-order valence-electron chi connectivity index (χ3n) is 7.85. The summed E-state index contributed by atoms with van der Waals surface area (Å²) in [6, 6.07) is 9.36. The van der Waals surface area contributed by atoms with Crippen molar-refractivity contribution in [2.75, 3.05) is 13.2 Å². The second-order valence-electron chi connectivity index (χ2n) is 11.4. The van der Waals surface area contributed by atoms with Gasteiger partial charge in [0.2, 0.25) is 12.6 Å². The van der Waals surface area contributed by atoms with Crippen molar-refractivity contribution in [1.82, 2.24) is 0 Å². The molecule has 14 heteroatoms. The lowest BCUT2D eigenvalue weighted by molar-refractivity contribution is -0.278. The normalized spacial score (nSPS) is 32.0. The minimum Gasteiger partial charge on any atom is -0.508 e. The number of hydrogen-bond donors (Lipinski definition) is 9. The lowest BCUT2D eigenvalue weighted by Gasteiger charge is -2.40. The Hall–Kier alpha value is -3.28. The highest BCUT2D eigenvalue weighted by Crippen LogP contribution is 2.41. The predicted molar refractivity (Wildman–Crippen MR) is 155 cm³/mol. The molecular weight excluding hydrogens is 596 g/mol. The highest BCUT2D eigenvalue weighted by atomic mass is 16.7. The standard InChI is InChI=1S/C31H38O14/c1-13(2)3-6-17-20(42-30-28(39)26(37)24(35)22(11-32)44-30)8-15(18-7-14-4-5-16(34)10-19(14)41-18)9-21(17)43-31-29(40)27(38)25(36)23(12-33)45-31/h3-5,7-10,22-40H,6,11-12H2,1-2H3. The molecule has 0 amide bonds. The average Bonchev–Trinajstić information content (AvgIpc) is 3.44. The van der Waals surface area contributed by atoms with E-state index in [9.17, 15) is 46.0 Å². The molecule has 14 nitrogen and oxygen atoms in total. The fourth-order valence-electron chi connectivity index (χ4n) is 5.22. The van der Waals surface area contributed by atoms with Gasteiger partial charge in [-0.2, -0.15) is 0 Å². The first kappa shape index (κ1) is 33.1. The zero-order valence-electron chi connectivity index (χ0n) is 24.5. The van der Waals surface area contributed by atoms with Gasteiger partial charge in [-0.1, -0.05) is 11.6 Å². The molecule has 45 heavy (non-hydrogen) atoms. The number of phenols is 1. The van der Waals surface area contributed by atoms with Gasteiger partial charge < -0.3 is 69.3 Å². The third-order valence-corrected chi connectivity index (χ3v) is 7.85. The second kappa shape index (κ2) is 13.6. The molecule has 3 aromatic rings. The van der Waals surface area contributed by atoms with E-state index in [1.807, 2.05) is 19.9 Å². The van der Waals surface area contributed by atoms with E-state index in [0.717, 1.165) is 5.57 Å². The molecule has 2 aliphatic heterocycles. The molecule has 0 spiro atoms. The van der Waals surface area contributed by atoms with Gasteiger partial charge in [0.05, 0.1) is 13.2 Å². The van der Waals surface area contributed by atoms with E-state index < -0.39 is 74.6 Å². The first-order valence-corrected chi connectivity index (χ1v) is 14.4. The van der Waals surface area contributed by atoms with E-state index in [2.05, 4.69) is 0 Å². The number of allylic oxidation sites excluding steroid dienone is 2. The summed E-state index contributed by atoms with van der Waals surface area (Å²) in [5, 5.41) is 92.6. The van der Waals surface area contributed by atoms with Crippen LogP contribution in [0.3, 0.4) is 0 Å². The van der Waals surface area contributed by atoms with Crippen LogP contribution in [0.25, 0.3) is 22.3 Å². The van der Waals surface area contributed by atoms with Crippen molar-refractivity contribution >= 4 is 11.0 Å². The molecule has 5 rings (SSSR count). The van der Waals surface area contributed by atoms with Gasteiger partial charge in [0.1, 0.15) is 77.4 Å². The fourth-order valence-corrected chi connectivity index (χ4v) is 5.22. The smallest absolute Gasteiger partial charge is 0.229 e. The highest BCUT2D eigenvalue weighted by molar-refractivity contribution is 5.84. The van der Waals surface area contributed by atoms with E-state index >= 15 is 0 Å². The fraction of sp³-hybridized carbons (Fsp3) is 0.484. The minimum atomic E-state index is -1.73. The van der Waals surface area contributed by atoms with Gasteiger partial charge in [-0.15, -0.1) is 0 Å². The number of aromatic hydroxyl groups is 1. The molecule has 2 aliphatic rings. The summed E-state index contributed by atoms with van der Waals surface area (Å²) >= 11 is 0. The summed E-state index contributed by atoms with van der Waals surface area (Å²) in [5.74, 6) is 0.384. The number of benzene rings is 2. The summed E-state index contributed by atoms with van der Waals surface area (Å²) < 4.78 is 29.4. The molecule has 0 saturated carbocycles. The van der Waals surface area contributed by atoms with Crippen LogP contribution in [0.5, 0.6) is 17.2 Å². The SMILES string of the molecule is CC(C)=CCc1c(OC2OC(CO)C(O)C(O)C2O)cc(-c2cc3ccc(O)cc3o2)cc1OC1OC(CO)C(O)C(O)C1O. The van der Waals surface area contributed by atoms with Crippen molar-refractivity contribution in [2.24, 2.45) is 0 Å². The molecule has 2 fully saturated rings. The number of ether oxygens (including phenoxy) is 4. The Labute approximate surface area is 257 Å². The second-order valence-corrected chi connectivity index (χ2v) is 11.4.